The summed E-state index contributed by atoms with van der Waals surface area (Å²) in [7, 11) is -2.15. The van der Waals surface area contributed by atoms with Crippen molar-refractivity contribution in [2.24, 2.45) is 5.92 Å². The van der Waals surface area contributed by atoms with E-state index < -0.39 is 10.0 Å². The summed E-state index contributed by atoms with van der Waals surface area (Å²) >= 11 is 0. The number of H-pyrrole nitrogens is 1. The molecule has 1 amide bonds. The second-order valence-electron chi connectivity index (χ2n) is 10.3. The quantitative estimate of drug-likeness (QED) is 0.388. The van der Waals surface area contributed by atoms with Crippen LogP contribution in [-0.4, -0.2) is 70.0 Å². The van der Waals surface area contributed by atoms with Crippen LogP contribution in [0.5, 0.6) is 5.75 Å². The number of rotatable bonds is 5. The van der Waals surface area contributed by atoms with Gasteiger partial charge in [-0.1, -0.05) is 5.16 Å². The van der Waals surface area contributed by atoms with Crippen molar-refractivity contribution in [1.29, 1.82) is 0 Å². The fourth-order valence-corrected chi connectivity index (χ4v) is 7.42. The number of ether oxygens (including phenoxy) is 1. The zero-order valence-electron chi connectivity index (χ0n) is 22.5. The van der Waals surface area contributed by atoms with Crippen molar-refractivity contribution < 1.29 is 22.5 Å². The minimum absolute atomic E-state index is 0.0602. The molecular weight excluding hydrogens is 536 g/mol. The van der Waals surface area contributed by atoms with Crippen molar-refractivity contribution >= 4 is 21.6 Å². The molecule has 0 radical (unpaired) electrons. The van der Waals surface area contributed by atoms with Crippen molar-refractivity contribution in [3.05, 3.63) is 63.4 Å². The first kappa shape index (κ1) is 26.3. The molecule has 0 atom stereocenters. The van der Waals surface area contributed by atoms with Gasteiger partial charge in [0.05, 0.1) is 30.6 Å². The van der Waals surface area contributed by atoms with E-state index in [0.717, 1.165) is 17.0 Å². The molecule has 0 saturated carbocycles. The lowest BCUT2D eigenvalue weighted by atomic mass is 9.95. The van der Waals surface area contributed by atoms with E-state index >= 15 is 0 Å². The third-order valence-corrected chi connectivity index (χ3v) is 9.99. The number of benzene rings is 1. The van der Waals surface area contributed by atoms with Gasteiger partial charge in [-0.15, -0.1) is 0 Å². The summed E-state index contributed by atoms with van der Waals surface area (Å²) in [4.78, 5) is 33.4. The fourth-order valence-electron chi connectivity index (χ4n) is 5.66. The lowest BCUT2D eigenvalue weighted by molar-refractivity contribution is -0.137. The molecule has 1 fully saturated rings. The van der Waals surface area contributed by atoms with Gasteiger partial charge in [-0.2, -0.15) is 4.31 Å². The SMILES string of the molecule is COc1ccc(-c2cc3nc4c(c(=O)n3[nH]2)CN(C(=O)C2CCN(S(=O)(=O)c3c(C)noc3C)CC2)CC4)cc1. The van der Waals surface area contributed by atoms with Crippen molar-refractivity contribution in [3.8, 4) is 17.0 Å². The van der Waals surface area contributed by atoms with Crippen LogP contribution in [0.15, 0.2) is 44.5 Å². The third-order valence-electron chi connectivity index (χ3n) is 7.84. The van der Waals surface area contributed by atoms with Crippen molar-refractivity contribution in [2.75, 3.05) is 26.7 Å². The maximum atomic E-state index is 13.5. The molecule has 0 unspecified atom stereocenters. The molecule has 13 heteroatoms. The summed E-state index contributed by atoms with van der Waals surface area (Å²) in [6.07, 6.45) is 1.29. The van der Waals surface area contributed by atoms with Crippen LogP contribution in [0, 0.1) is 19.8 Å². The Balaban J connectivity index is 1.17. The number of aryl methyl sites for hydroxylation is 2. The van der Waals surface area contributed by atoms with E-state index in [1.807, 2.05) is 30.3 Å². The van der Waals surface area contributed by atoms with Crippen LogP contribution in [0.25, 0.3) is 16.9 Å². The Morgan fingerprint density at radius 1 is 1.12 bits per heavy atom. The normalized spacial score (nSPS) is 16.8. The third kappa shape index (κ3) is 4.38. The molecule has 210 valence electrons. The van der Waals surface area contributed by atoms with Gasteiger partial charge < -0.3 is 14.2 Å². The Labute approximate surface area is 230 Å². The van der Waals surface area contributed by atoms with Crippen molar-refractivity contribution in [3.63, 3.8) is 0 Å². The molecule has 3 aromatic heterocycles. The molecule has 0 aliphatic carbocycles. The highest BCUT2D eigenvalue weighted by atomic mass is 32.2. The Kier molecular flexibility index (Phi) is 6.50. The first-order chi connectivity index (χ1) is 19.2. The number of carbonyl (C=O) groups excluding carboxylic acids is 1. The number of hydrogen-bond donors (Lipinski definition) is 1. The highest BCUT2D eigenvalue weighted by Gasteiger charge is 2.37. The van der Waals surface area contributed by atoms with E-state index in [-0.39, 0.29) is 47.7 Å². The number of carbonyl (C=O) groups is 1. The van der Waals surface area contributed by atoms with Crippen LogP contribution >= 0.6 is 0 Å². The van der Waals surface area contributed by atoms with Gasteiger partial charge in [0.25, 0.3) is 5.56 Å². The summed E-state index contributed by atoms with van der Waals surface area (Å²) in [6.45, 7) is 4.28. The number of sulfonamides is 1. The number of aromatic nitrogens is 4. The molecule has 2 aliphatic heterocycles. The minimum Gasteiger partial charge on any atom is -0.497 e. The summed E-state index contributed by atoms with van der Waals surface area (Å²) in [6, 6.07) is 9.34. The van der Waals surface area contributed by atoms with Crippen LogP contribution in [0.2, 0.25) is 0 Å². The average Bonchev–Trinajstić information content (AvgIpc) is 3.55. The second-order valence-corrected chi connectivity index (χ2v) is 12.2. The second kappa shape index (κ2) is 9.89. The maximum absolute atomic E-state index is 13.5. The van der Waals surface area contributed by atoms with E-state index in [1.165, 1.54) is 8.82 Å². The van der Waals surface area contributed by atoms with E-state index in [1.54, 1.807) is 25.9 Å². The van der Waals surface area contributed by atoms with Crippen LogP contribution < -0.4 is 10.3 Å². The number of piperidine rings is 1. The molecule has 1 saturated heterocycles. The molecule has 4 aromatic rings. The molecule has 0 spiro atoms. The molecule has 5 heterocycles. The van der Waals surface area contributed by atoms with Gasteiger partial charge in [0.1, 0.15) is 16.3 Å². The summed E-state index contributed by atoms with van der Waals surface area (Å²) < 4.78 is 39.4. The highest BCUT2D eigenvalue weighted by Crippen LogP contribution is 2.29. The van der Waals surface area contributed by atoms with E-state index in [4.69, 9.17) is 14.2 Å². The van der Waals surface area contributed by atoms with E-state index in [0.29, 0.717) is 48.4 Å². The molecule has 1 aromatic carbocycles. The lowest BCUT2D eigenvalue weighted by Crippen LogP contribution is -2.47. The van der Waals surface area contributed by atoms with Crippen molar-refractivity contribution in [1.82, 2.24) is 29.0 Å². The van der Waals surface area contributed by atoms with Gasteiger partial charge in [0.2, 0.25) is 15.9 Å². The number of methoxy groups -OCH3 is 1. The maximum Gasteiger partial charge on any atom is 0.277 e. The molecule has 1 N–H and O–H groups in total. The predicted molar refractivity (Wildman–Crippen MR) is 144 cm³/mol. The zero-order valence-corrected chi connectivity index (χ0v) is 23.3. The monoisotopic (exact) mass is 566 g/mol. The number of aromatic amines is 1. The molecule has 6 rings (SSSR count). The van der Waals surface area contributed by atoms with Gasteiger partial charge in [0, 0.05) is 38.0 Å². The Morgan fingerprint density at radius 3 is 2.50 bits per heavy atom. The Hall–Kier alpha value is -3.97. The number of nitrogens with one attached hydrogen (secondary N) is 1. The van der Waals surface area contributed by atoms with Crippen LogP contribution in [0.4, 0.5) is 0 Å². The Morgan fingerprint density at radius 2 is 1.85 bits per heavy atom. The number of hydrogen-bond acceptors (Lipinski definition) is 8. The van der Waals surface area contributed by atoms with Gasteiger partial charge in [-0.05, 0) is 56.5 Å². The summed E-state index contributed by atoms with van der Waals surface area (Å²) in [5.41, 5.74) is 3.48. The van der Waals surface area contributed by atoms with Gasteiger partial charge in [-0.3, -0.25) is 14.7 Å². The van der Waals surface area contributed by atoms with Crippen molar-refractivity contribution in [2.45, 2.75) is 44.6 Å². The largest absolute Gasteiger partial charge is 0.497 e. The fraction of sp³-hybridized carbons (Fsp3) is 0.407. The number of amides is 1. The van der Waals surface area contributed by atoms with Gasteiger partial charge >= 0.3 is 0 Å². The topological polar surface area (TPSA) is 143 Å². The van der Waals surface area contributed by atoms with Crippen LogP contribution in [0.3, 0.4) is 0 Å². The van der Waals surface area contributed by atoms with Gasteiger partial charge in [-0.25, -0.2) is 17.9 Å². The molecule has 12 nitrogen and oxygen atoms in total. The number of nitrogens with zero attached hydrogens (tertiary/aromatic N) is 5. The van der Waals surface area contributed by atoms with Crippen LogP contribution in [0.1, 0.15) is 35.6 Å². The molecular formula is C27H30N6O6S. The molecule has 40 heavy (non-hydrogen) atoms. The van der Waals surface area contributed by atoms with Crippen LogP contribution in [-0.2, 0) is 27.8 Å². The first-order valence-corrected chi connectivity index (χ1v) is 14.6. The highest BCUT2D eigenvalue weighted by molar-refractivity contribution is 7.89. The average molecular weight is 567 g/mol. The first-order valence-electron chi connectivity index (χ1n) is 13.2. The molecule has 0 bridgehead atoms. The lowest BCUT2D eigenvalue weighted by Gasteiger charge is -2.35. The standard InChI is InChI=1S/C27H30N6O6S/c1-16-25(17(2)39-30-16)40(36,37)32-12-8-19(9-13-32)26(34)31-11-10-22-21(15-31)27(35)33-24(28-22)14-23(29-33)18-4-6-20(38-3)7-5-18/h4-7,14,19,29H,8-13,15H2,1-3H3. The summed E-state index contributed by atoms with van der Waals surface area (Å²) in [5, 5.41) is 6.91. The van der Waals surface area contributed by atoms with E-state index in [9.17, 15) is 18.0 Å². The van der Waals surface area contributed by atoms with E-state index in [2.05, 4.69) is 10.3 Å². The summed E-state index contributed by atoms with van der Waals surface area (Å²) in [5.74, 6) is 0.622. The van der Waals surface area contributed by atoms with Gasteiger partial charge in [0.15, 0.2) is 11.4 Å². The predicted octanol–water partition coefficient (Wildman–Crippen LogP) is 2.29. The zero-order chi connectivity index (χ0) is 28.2. The molecule has 2 aliphatic rings. The minimum atomic E-state index is -3.75. The smallest absolute Gasteiger partial charge is 0.277 e. The number of fused-ring (bicyclic) bond motifs is 2. The Bertz CT molecular complexity index is 1740.